The summed E-state index contributed by atoms with van der Waals surface area (Å²) in [6, 6.07) is 5.78. The Morgan fingerprint density at radius 2 is 2.00 bits per heavy atom. The number of imidazole rings is 1. The van der Waals surface area contributed by atoms with E-state index in [2.05, 4.69) is 15.3 Å². The largest absolute Gasteiger partial charge is 0.385 e. The molecule has 5 nitrogen and oxygen atoms in total. The topological polar surface area (TPSA) is 86.7 Å². The van der Waals surface area contributed by atoms with E-state index in [1.54, 1.807) is 0 Å². The number of benzene rings is 1. The molecule has 0 aliphatic rings. The van der Waals surface area contributed by atoms with Crippen LogP contribution < -0.4 is 16.7 Å². The Balaban J connectivity index is 1.93. The van der Waals surface area contributed by atoms with E-state index in [1.165, 1.54) is 0 Å². The van der Waals surface area contributed by atoms with Crippen LogP contribution in [0.1, 0.15) is 26.7 Å². The van der Waals surface area contributed by atoms with Crippen molar-refractivity contribution in [3.05, 3.63) is 28.7 Å². The molecule has 0 aliphatic carbocycles. The van der Waals surface area contributed by atoms with Crippen LogP contribution in [0.5, 0.6) is 0 Å². The minimum Gasteiger partial charge on any atom is -0.385 e. The maximum atomic E-state index is 11.1. The first-order chi connectivity index (χ1) is 8.44. The summed E-state index contributed by atoms with van der Waals surface area (Å²) in [5, 5.41) is 3.33. The number of nitrogens with two attached hydrogens (primary N) is 1. The summed E-state index contributed by atoms with van der Waals surface area (Å²) in [6.45, 7) is 4.94. The van der Waals surface area contributed by atoms with E-state index in [-0.39, 0.29) is 11.2 Å². The Morgan fingerprint density at radius 1 is 1.28 bits per heavy atom. The summed E-state index contributed by atoms with van der Waals surface area (Å²) >= 11 is 0. The van der Waals surface area contributed by atoms with Gasteiger partial charge in [0.05, 0.1) is 11.0 Å². The van der Waals surface area contributed by atoms with E-state index in [0.29, 0.717) is 0 Å². The average Bonchev–Trinajstić information content (AvgIpc) is 2.62. The van der Waals surface area contributed by atoms with Gasteiger partial charge in [-0.15, -0.1) is 0 Å². The normalized spacial score (nSPS) is 11.9. The Labute approximate surface area is 106 Å². The first-order valence-electron chi connectivity index (χ1n) is 6.19. The molecule has 1 heterocycles. The van der Waals surface area contributed by atoms with Crippen LogP contribution >= 0.6 is 0 Å². The van der Waals surface area contributed by atoms with Gasteiger partial charge in [-0.05, 0) is 44.9 Å². The molecule has 1 aromatic carbocycles. The third-order valence-electron chi connectivity index (χ3n) is 2.84. The van der Waals surface area contributed by atoms with E-state index in [4.69, 9.17) is 5.73 Å². The zero-order valence-corrected chi connectivity index (χ0v) is 10.8. The standard InChI is InChI=1S/C13H20N4O/c1-13(2,14)6-3-7-15-9-4-5-10-11(8-9)17-12(18)16-10/h4-5,8,15H,3,6-7,14H2,1-2H3,(H2,16,17,18). The van der Waals surface area contributed by atoms with Crippen LogP contribution in [-0.4, -0.2) is 22.1 Å². The number of hydrogen-bond acceptors (Lipinski definition) is 3. The van der Waals surface area contributed by atoms with E-state index < -0.39 is 0 Å². The molecule has 98 valence electrons. The van der Waals surface area contributed by atoms with Gasteiger partial charge in [0, 0.05) is 17.8 Å². The lowest BCUT2D eigenvalue weighted by molar-refractivity contribution is 0.465. The van der Waals surface area contributed by atoms with Crippen molar-refractivity contribution in [1.82, 2.24) is 9.97 Å². The maximum Gasteiger partial charge on any atom is 0.323 e. The van der Waals surface area contributed by atoms with E-state index in [1.807, 2.05) is 32.0 Å². The van der Waals surface area contributed by atoms with Crippen molar-refractivity contribution in [3.63, 3.8) is 0 Å². The van der Waals surface area contributed by atoms with Gasteiger partial charge in [0.1, 0.15) is 0 Å². The first-order valence-corrected chi connectivity index (χ1v) is 6.19. The zero-order chi connectivity index (χ0) is 13.2. The minimum absolute atomic E-state index is 0.114. The van der Waals surface area contributed by atoms with E-state index >= 15 is 0 Å². The van der Waals surface area contributed by atoms with Gasteiger partial charge in [-0.25, -0.2) is 4.79 Å². The Bertz CT molecular complexity index is 576. The molecule has 5 N–H and O–H groups in total. The van der Waals surface area contributed by atoms with Crippen LogP contribution in [0, 0.1) is 0 Å². The molecule has 0 amide bonds. The molecule has 0 radical (unpaired) electrons. The fourth-order valence-corrected chi connectivity index (χ4v) is 1.92. The second-order valence-electron chi connectivity index (χ2n) is 5.36. The molecule has 5 heteroatoms. The summed E-state index contributed by atoms with van der Waals surface area (Å²) in [7, 11) is 0. The summed E-state index contributed by atoms with van der Waals surface area (Å²) in [6.07, 6.45) is 1.99. The monoisotopic (exact) mass is 248 g/mol. The van der Waals surface area contributed by atoms with Crippen molar-refractivity contribution in [3.8, 4) is 0 Å². The number of hydrogen-bond donors (Lipinski definition) is 4. The predicted octanol–water partition coefficient (Wildman–Crippen LogP) is 1.79. The molecule has 0 spiro atoms. The highest BCUT2D eigenvalue weighted by atomic mass is 16.1. The third kappa shape index (κ3) is 3.37. The highest BCUT2D eigenvalue weighted by Gasteiger charge is 2.09. The second-order valence-corrected chi connectivity index (χ2v) is 5.36. The number of H-pyrrole nitrogens is 2. The van der Waals surface area contributed by atoms with Crippen LogP contribution in [0.2, 0.25) is 0 Å². The van der Waals surface area contributed by atoms with Gasteiger partial charge < -0.3 is 21.0 Å². The van der Waals surface area contributed by atoms with Gasteiger partial charge in [-0.3, -0.25) is 0 Å². The number of anilines is 1. The molecule has 0 fully saturated rings. The molecule has 0 saturated heterocycles. The Kier molecular flexibility index (Phi) is 3.43. The van der Waals surface area contributed by atoms with E-state index in [9.17, 15) is 4.79 Å². The predicted molar refractivity (Wildman–Crippen MR) is 74.9 cm³/mol. The van der Waals surface area contributed by atoms with Crippen LogP contribution in [-0.2, 0) is 0 Å². The maximum absolute atomic E-state index is 11.1. The van der Waals surface area contributed by atoms with Gasteiger partial charge in [-0.1, -0.05) is 0 Å². The van der Waals surface area contributed by atoms with Crippen molar-refractivity contribution in [2.24, 2.45) is 5.73 Å². The molecule has 0 bridgehead atoms. The molecular formula is C13H20N4O. The molecule has 0 aliphatic heterocycles. The summed E-state index contributed by atoms with van der Waals surface area (Å²) in [5.74, 6) is 0. The van der Waals surface area contributed by atoms with Crippen LogP contribution in [0.25, 0.3) is 11.0 Å². The third-order valence-corrected chi connectivity index (χ3v) is 2.84. The molecule has 2 rings (SSSR count). The van der Waals surface area contributed by atoms with Crippen molar-refractivity contribution in [1.29, 1.82) is 0 Å². The lowest BCUT2D eigenvalue weighted by Gasteiger charge is -2.18. The van der Waals surface area contributed by atoms with Crippen LogP contribution in [0.15, 0.2) is 23.0 Å². The van der Waals surface area contributed by atoms with Crippen molar-refractivity contribution in [2.45, 2.75) is 32.2 Å². The number of nitrogens with one attached hydrogen (secondary N) is 3. The SMILES string of the molecule is CC(C)(N)CCCNc1ccc2[nH]c(=O)[nH]c2c1. The second kappa shape index (κ2) is 4.86. The van der Waals surface area contributed by atoms with Gasteiger partial charge in [0.25, 0.3) is 0 Å². The van der Waals surface area contributed by atoms with Gasteiger partial charge in [-0.2, -0.15) is 0 Å². The highest BCUT2D eigenvalue weighted by Crippen LogP contribution is 2.15. The first kappa shape index (κ1) is 12.7. The van der Waals surface area contributed by atoms with Gasteiger partial charge >= 0.3 is 5.69 Å². The quantitative estimate of drug-likeness (QED) is 0.608. The van der Waals surface area contributed by atoms with Crippen molar-refractivity contribution in [2.75, 3.05) is 11.9 Å². The van der Waals surface area contributed by atoms with Crippen molar-refractivity contribution >= 4 is 16.7 Å². The average molecular weight is 248 g/mol. The van der Waals surface area contributed by atoms with E-state index in [0.717, 1.165) is 36.1 Å². The fourth-order valence-electron chi connectivity index (χ4n) is 1.92. The fraction of sp³-hybridized carbons (Fsp3) is 0.462. The molecular weight excluding hydrogens is 228 g/mol. The van der Waals surface area contributed by atoms with Crippen LogP contribution in [0.4, 0.5) is 5.69 Å². The molecule has 18 heavy (non-hydrogen) atoms. The summed E-state index contributed by atoms with van der Waals surface area (Å²) in [5.41, 5.74) is 8.29. The number of fused-ring (bicyclic) bond motifs is 1. The molecule has 0 atom stereocenters. The number of aromatic amines is 2. The zero-order valence-electron chi connectivity index (χ0n) is 10.8. The number of rotatable bonds is 5. The van der Waals surface area contributed by atoms with Gasteiger partial charge in [0.2, 0.25) is 0 Å². The van der Waals surface area contributed by atoms with Crippen LogP contribution in [0.3, 0.4) is 0 Å². The minimum atomic E-state index is -0.174. The Morgan fingerprint density at radius 3 is 2.72 bits per heavy atom. The lowest BCUT2D eigenvalue weighted by Crippen LogP contribution is -2.32. The lowest BCUT2D eigenvalue weighted by atomic mass is 10.0. The highest BCUT2D eigenvalue weighted by molar-refractivity contribution is 5.78. The summed E-state index contributed by atoms with van der Waals surface area (Å²) in [4.78, 5) is 16.6. The molecule has 0 unspecified atom stereocenters. The van der Waals surface area contributed by atoms with Gasteiger partial charge in [0.15, 0.2) is 0 Å². The molecule has 1 aromatic heterocycles. The molecule has 0 saturated carbocycles. The summed E-state index contributed by atoms with van der Waals surface area (Å²) < 4.78 is 0. The Hall–Kier alpha value is -1.75. The number of aromatic nitrogens is 2. The van der Waals surface area contributed by atoms with Crippen molar-refractivity contribution < 1.29 is 0 Å². The smallest absolute Gasteiger partial charge is 0.323 e. The molecule has 2 aromatic rings.